The maximum atomic E-state index is 6.02. The summed E-state index contributed by atoms with van der Waals surface area (Å²) in [5.41, 5.74) is 8.43. The van der Waals surface area contributed by atoms with Crippen LogP contribution in [0.15, 0.2) is 4.99 Å². The number of hydrogen-bond acceptors (Lipinski definition) is 5. The Bertz CT molecular complexity index is 450. The molecule has 0 radical (unpaired) electrons. The Hall–Kier alpha value is -0.680. The number of nitrogens with zero attached hydrogens (tertiary/aromatic N) is 1. The van der Waals surface area contributed by atoms with Gasteiger partial charge in [-0.25, -0.2) is 4.99 Å². The SMILES string of the molecule is NC1=NC(S)Nc2sc3c(c21)CCCCC3. The van der Waals surface area contributed by atoms with Gasteiger partial charge in [0.05, 0.1) is 5.56 Å². The average molecular weight is 253 g/mol. The van der Waals surface area contributed by atoms with Crippen LogP contribution in [-0.2, 0) is 12.8 Å². The van der Waals surface area contributed by atoms with E-state index >= 15 is 0 Å². The minimum Gasteiger partial charge on any atom is -0.383 e. The fourth-order valence-electron chi connectivity index (χ4n) is 2.46. The maximum absolute atomic E-state index is 6.02. The summed E-state index contributed by atoms with van der Waals surface area (Å²) in [5.74, 6) is 0.660. The normalized spacial score (nSPS) is 23.8. The van der Waals surface area contributed by atoms with Crippen molar-refractivity contribution < 1.29 is 0 Å². The molecule has 2 aliphatic rings. The lowest BCUT2D eigenvalue weighted by Crippen LogP contribution is -2.26. The average Bonchev–Trinajstić information content (AvgIpc) is 2.42. The first kappa shape index (κ1) is 10.5. The molecule has 0 amide bonds. The van der Waals surface area contributed by atoms with E-state index in [4.69, 9.17) is 5.73 Å². The number of aliphatic imine (C=N–C) groups is 1. The Balaban J connectivity index is 2.11. The van der Waals surface area contributed by atoms with Gasteiger partial charge in [-0.1, -0.05) is 6.42 Å². The summed E-state index contributed by atoms with van der Waals surface area (Å²) in [5, 5.41) is 4.45. The number of anilines is 1. The first-order chi connectivity index (χ1) is 7.75. The molecule has 0 bridgehead atoms. The van der Waals surface area contributed by atoms with Gasteiger partial charge in [-0.3, -0.25) is 0 Å². The lowest BCUT2D eigenvalue weighted by atomic mass is 10.0. The summed E-state index contributed by atoms with van der Waals surface area (Å²) in [7, 11) is 0. The third-order valence-corrected chi connectivity index (χ3v) is 4.67. The zero-order valence-electron chi connectivity index (χ0n) is 8.99. The minimum atomic E-state index is -0.185. The number of thiophene rings is 1. The quantitative estimate of drug-likeness (QED) is 0.491. The lowest BCUT2D eigenvalue weighted by molar-refractivity contribution is 0.712. The van der Waals surface area contributed by atoms with Crippen LogP contribution >= 0.6 is 24.0 Å². The third kappa shape index (κ3) is 1.62. The van der Waals surface area contributed by atoms with E-state index in [1.807, 2.05) is 11.3 Å². The number of nitrogens with one attached hydrogen (secondary N) is 1. The number of thiol groups is 1. The fraction of sp³-hybridized carbons (Fsp3) is 0.545. The van der Waals surface area contributed by atoms with Crippen molar-refractivity contribution in [3.8, 4) is 0 Å². The predicted octanol–water partition coefficient (Wildman–Crippen LogP) is 2.36. The number of aryl methyl sites for hydroxylation is 1. The third-order valence-electron chi connectivity index (χ3n) is 3.20. The van der Waals surface area contributed by atoms with E-state index in [1.165, 1.54) is 41.1 Å². The molecule has 1 aliphatic heterocycles. The number of hydrogen-bond donors (Lipinski definition) is 3. The van der Waals surface area contributed by atoms with E-state index in [0.717, 1.165) is 12.0 Å². The highest BCUT2D eigenvalue weighted by Crippen LogP contribution is 2.39. The zero-order chi connectivity index (χ0) is 11.1. The predicted molar refractivity (Wildman–Crippen MR) is 72.7 cm³/mol. The summed E-state index contributed by atoms with van der Waals surface area (Å²) >= 11 is 6.15. The largest absolute Gasteiger partial charge is 0.383 e. The highest BCUT2D eigenvalue weighted by Gasteiger charge is 2.25. The second-order valence-electron chi connectivity index (χ2n) is 4.30. The molecule has 1 atom stereocenters. The number of amidine groups is 1. The number of fused-ring (bicyclic) bond motifs is 3. The van der Waals surface area contributed by atoms with Gasteiger partial charge in [0, 0.05) is 4.88 Å². The van der Waals surface area contributed by atoms with Crippen LogP contribution in [0.1, 0.15) is 35.3 Å². The standard InChI is InChI=1S/C11H15N3S2/c12-9-8-6-4-2-1-3-5-7(6)16-10(8)14-11(15)13-9/h11,14-15H,1-5H2,(H2,12,13). The van der Waals surface area contributed by atoms with Gasteiger partial charge in [-0.2, -0.15) is 0 Å². The van der Waals surface area contributed by atoms with Gasteiger partial charge in [-0.15, -0.1) is 24.0 Å². The van der Waals surface area contributed by atoms with Crippen molar-refractivity contribution in [1.29, 1.82) is 0 Å². The minimum absolute atomic E-state index is 0.185. The van der Waals surface area contributed by atoms with Crippen LogP contribution in [-0.4, -0.2) is 11.3 Å². The van der Waals surface area contributed by atoms with Crippen molar-refractivity contribution in [3.05, 3.63) is 16.0 Å². The molecule has 1 aromatic rings. The molecule has 0 spiro atoms. The van der Waals surface area contributed by atoms with E-state index in [0.29, 0.717) is 5.84 Å². The van der Waals surface area contributed by atoms with E-state index in [9.17, 15) is 0 Å². The molecule has 2 heterocycles. The van der Waals surface area contributed by atoms with Crippen LogP contribution < -0.4 is 11.1 Å². The second-order valence-corrected chi connectivity index (χ2v) is 5.90. The van der Waals surface area contributed by atoms with Crippen molar-refractivity contribution >= 4 is 34.8 Å². The Labute approximate surface area is 105 Å². The molecule has 3 N–H and O–H groups in total. The van der Waals surface area contributed by atoms with E-state index in [-0.39, 0.29) is 5.50 Å². The summed E-state index contributed by atoms with van der Waals surface area (Å²) in [6.45, 7) is 0. The molecule has 0 saturated carbocycles. The summed E-state index contributed by atoms with van der Waals surface area (Å²) in [4.78, 5) is 5.79. The van der Waals surface area contributed by atoms with Crippen molar-refractivity contribution in [2.45, 2.75) is 37.6 Å². The number of rotatable bonds is 0. The smallest absolute Gasteiger partial charge is 0.166 e. The Kier molecular flexibility index (Phi) is 2.59. The van der Waals surface area contributed by atoms with Crippen molar-refractivity contribution in [1.82, 2.24) is 0 Å². The van der Waals surface area contributed by atoms with E-state index < -0.39 is 0 Å². The molecule has 1 aromatic heterocycles. The van der Waals surface area contributed by atoms with Crippen molar-refractivity contribution in [2.75, 3.05) is 5.32 Å². The summed E-state index contributed by atoms with van der Waals surface area (Å²) in [6.07, 6.45) is 6.24. The Morgan fingerprint density at radius 3 is 3.00 bits per heavy atom. The molecule has 0 saturated heterocycles. The van der Waals surface area contributed by atoms with Gasteiger partial charge in [0.25, 0.3) is 0 Å². The van der Waals surface area contributed by atoms with Crippen molar-refractivity contribution in [3.63, 3.8) is 0 Å². The van der Waals surface area contributed by atoms with Crippen LogP contribution in [0.4, 0.5) is 5.00 Å². The highest BCUT2D eigenvalue weighted by molar-refractivity contribution is 7.81. The summed E-state index contributed by atoms with van der Waals surface area (Å²) < 4.78 is 0. The van der Waals surface area contributed by atoms with Crippen LogP contribution in [0.2, 0.25) is 0 Å². The van der Waals surface area contributed by atoms with Crippen LogP contribution in [0.5, 0.6) is 0 Å². The van der Waals surface area contributed by atoms with Gasteiger partial charge in [-0.05, 0) is 31.2 Å². The molecule has 1 aliphatic carbocycles. The molecule has 16 heavy (non-hydrogen) atoms. The van der Waals surface area contributed by atoms with Gasteiger partial charge >= 0.3 is 0 Å². The molecule has 3 rings (SSSR count). The Morgan fingerprint density at radius 2 is 2.12 bits per heavy atom. The van der Waals surface area contributed by atoms with Crippen LogP contribution in [0.25, 0.3) is 0 Å². The molecule has 86 valence electrons. The van der Waals surface area contributed by atoms with Gasteiger partial charge in [0.1, 0.15) is 10.8 Å². The molecule has 0 aromatic carbocycles. The zero-order valence-corrected chi connectivity index (χ0v) is 10.7. The Morgan fingerprint density at radius 1 is 1.31 bits per heavy atom. The van der Waals surface area contributed by atoms with Gasteiger partial charge < -0.3 is 11.1 Å². The molecular formula is C11H15N3S2. The summed E-state index contributed by atoms with van der Waals surface area (Å²) in [6, 6.07) is 0. The maximum Gasteiger partial charge on any atom is 0.166 e. The number of nitrogens with two attached hydrogens (primary N) is 1. The molecule has 3 nitrogen and oxygen atoms in total. The first-order valence-corrected chi connectivity index (χ1v) is 7.02. The van der Waals surface area contributed by atoms with E-state index in [2.05, 4.69) is 22.9 Å². The topological polar surface area (TPSA) is 50.4 Å². The van der Waals surface area contributed by atoms with Gasteiger partial charge in [0.15, 0.2) is 5.50 Å². The lowest BCUT2D eigenvalue weighted by Gasteiger charge is -2.18. The van der Waals surface area contributed by atoms with Crippen molar-refractivity contribution in [2.24, 2.45) is 10.7 Å². The molecule has 0 fully saturated rings. The molecular weight excluding hydrogens is 238 g/mol. The van der Waals surface area contributed by atoms with Gasteiger partial charge in [0.2, 0.25) is 0 Å². The van der Waals surface area contributed by atoms with E-state index in [1.54, 1.807) is 0 Å². The highest BCUT2D eigenvalue weighted by atomic mass is 32.1. The van der Waals surface area contributed by atoms with Crippen LogP contribution in [0.3, 0.4) is 0 Å². The molecule has 5 heteroatoms. The second kappa shape index (κ2) is 3.96. The molecule has 1 unspecified atom stereocenters. The van der Waals surface area contributed by atoms with Crippen LogP contribution in [0, 0.1) is 0 Å². The monoisotopic (exact) mass is 253 g/mol. The fourth-order valence-corrected chi connectivity index (χ4v) is 4.12. The first-order valence-electron chi connectivity index (χ1n) is 5.68.